The molecule has 4 heteroatoms. The topological polar surface area (TPSA) is 50.8 Å². The van der Waals surface area contributed by atoms with Crippen LogP contribution in [0.4, 0.5) is 0 Å². The number of methoxy groups -OCH3 is 1. The minimum absolute atomic E-state index is 0.133. The molecule has 166 valence electrons. The molecule has 4 rings (SSSR count). The summed E-state index contributed by atoms with van der Waals surface area (Å²) < 4.78 is 6.16. The Bertz CT molecular complexity index is 1040. The van der Waals surface area contributed by atoms with Crippen molar-refractivity contribution in [2.75, 3.05) is 7.11 Å². The van der Waals surface area contributed by atoms with Gasteiger partial charge in [0.25, 0.3) is 0 Å². The van der Waals surface area contributed by atoms with E-state index in [2.05, 4.69) is 63.0 Å². The van der Waals surface area contributed by atoms with Gasteiger partial charge in [-0.05, 0) is 60.8 Å². The molecule has 2 aromatic heterocycles. The van der Waals surface area contributed by atoms with Gasteiger partial charge < -0.3 is 4.74 Å². The van der Waals surface area contributed by atoms with Gasteiger partial charge >= 0.3 is 0 Å². The highest BCUT2D eigenvalue weighted by molar-refractivity contribution is 5.95. The van der Waals surface area contributed by atoms with E-state index in [9.17, 15) is 0 Å². The molecule has 0 radical (unpaired) electrons. The minimum Gasteiger partial charge on any atom is -0.376 e. The number of aromatic nitrogens is 3. The summed E-state index contributed by atoms with van der Waals surface area (Å²) in [6.45, 7) is 11.2. The Hall–Kier alpha value is -2.20. The Morgan fingerprint density at radius 2 is 1.71 bits per heavy atom. The van der Waals surface area contributed by atoms with Crippen molar-refractivity contribution in [2.45, 2.75) is 84.7 Å². The third kappa shape index (κ3) is 4.15. The second-order valence-electron chi connectivity index (χ2n) is 9.82. The molecule has 1 saturated carbocycles. The van der Waals surface area contributed by atoms with Crippen LogP contribution in [0.15, 0.2) is 24.4 Å². The number of fused-ring (bicyclic) bond motifs is 1. The molecule has 2 heterocycles. The Labute approximate surface area is 186 Å². The lowest BCUT2D eigenvalue weighted by Crippen LogP contribution is -2.21. The highest BCUT2D eigenvalue weighted by Gasteiger charge is 2.30. The van der Waals surface area contributed by atoms with E-state index in [1.54, 1.807) is 0 Å². The normalized spacial score (nSPS) is 16.5. The van der Waals surface area contributed by atoms with Crippen molar-refractivity contribution < 1.29 is 4.74 Å². The van der Waals surface area contributed by atoms with E-state index in [1.165, 1.54) is 54.4 Å². The van der Waals surface area contributed by atoms with Crippen molar-refractivity contribution in [1.29, 1.82) is 0 Å². The summed E-state index contributed by atoms with van der Waals surface area (Å²) in [6.07, 6.45) is 8.56. The van der Waals surface area contributed by atoms with E-state index in [0.717, 1.165) is 22.3 Å². The molecule has 3 aromatic rings. The first kappa shape index (κ1) is 22.0. The van der Waals surface area contributed by atoms with E-state index in [1.807, 2.05) is 13.3 Å². The summed E-state index contributed by atoms with van der Waals surface area (Å²) in [5, 5.41) is 8.60. The molecule has 1 atom stereocenters. The number of H-pyrrole nitrogens is 1. The number of pyridine rings is 1. The highest BCUT2D eigenvalue weighted by atomic mass is 16.5. The Balaban J connectivity index is 1.90. The van der Waals surface area contributed by atoms with Crippen molar-refractivity contribution in [3.05, 3.63) is 46.8 Å². The third-order valence-electron chi connectivity index (χ3n) is 7.05. The van der Waals surface area contributed by atoms with Gasteiger partial charge in [-0.3, -0.25) is 10.1 Å². The van der Waals surface area contributed by atoms with Crippen LogP contribution in [-0.2, 0) is 4.74 Å². The lowest BCUT2D eigenvalue weighted by molar-refractivity contribution is 0.0339. The van der Waals surface area contributed by atoms with Gasteiger partial charge in [0.05, 0.1) is 23.5 Å². The molecule has 0 bridgehead atoms. The van der Waals surface area contributed by atoms with E-state index in [0.29, 0.717) is 17.8 Å². The third-order valence-corrected chi connectivity index (χ3v) is 7.05. The largest absolute Gasteiger partial charge is 0.376 e. The molecule has 1 fully saturated rings. The lowest BCUT2D eigenvalue weighted by atomic mass is 9.79. The molecule has 0 spiro atoms. The van der Waals surface area contributed by atoms with Gasteiger partial charge in [0.15, 0.2) is 0 Å². The summed E-state index contributed by atoms with van der Waals surface area (Å²) >= 11 is 0. The summed E-state index contributed by atoms with van der Waals surface area (Å²) in [7, 11) is 1.87. The standard InChI is InChI=1S/C27H37N3O/c1-16(2)20-12-13-23-22(15-28-30-23)26(20)24-14-21(17(3)4)25(18(5)29-24)27(31-6)19-10-8-7-9-11-19/h12-17,19,27H,7-11H2,1-6H3,(H,28,30). The van der Waals surface area contributed by atoms with E-state index in [4.69, 9.17) is 9.72 Å². The fourth-order valence-electron chi connectivity index (χ4n) is 5.47. The molecule has 31 heavy (non-hydrogen) atoms. The first-order chi connectivity index (χ1) is 14.9. The van der Waals surface area contributed by atoms with Crippen molar-refractivity contribution >= 4 is 10.9 Å². The number of nitrogens with one attached hydrogen (secondary N) is 1. The fraction of sp³-hybridized carbons (Fsp3) is 0.556. The molecule has 1 N–H and O–H groups in total. The SMILES string of the molecule is COC(c1c(C(C)C)cc(-c2c(C(C)C)ccc3[nH]ncc23)nc1C)C1CCCCC1. The zero-order chi connectivity index (χ0) is 22.1. The van der Waals surface area contributed by atoms with Gasteiger partial charge in [0.1, 0.15) is 0 Å². The van der Waals surface area contributed by atoms with Crippen molar-refractivity contribution in [3.63, 3.8) is 0 Å². The number of ether oxygens (including phenoxy) is 1. The van der Waals surface area contributed by atoms with Crippen LogP contribution in [0.3, 0.4) is 0 Å². The van der Waals surface area contributed by atoms with Gasteiger partial charge in [-0.25, -0.2) is 0 Å². The number of aromatic amines is 1. The van der Waals surface area contributed by atoms with Crippen LogP contribution >= 0.6 is 0 Å². The van der Waals surface area contributed by atoms with E-state index in [-0.39, 0.29) is 6.10 Å². The molecule has 1 unspecified atom stereocenters. The average Bonchev–Trinajstić information content (AvgIpc) is 3.23. The quantitative estimate of drug-likeness (QED) is 0.451. The smallest absolute Gasteiger partial charge is 0.0869 e. The molecule has 1 aliphatic carbocycles. The summed E-state index contributed by atoms with van der Waals surface area (Å²) in [6, 6.07) is 6.69. The predicted octanol–water partition coefficient (Wildman–Crippen LogP) is 7.45. The first-order valence-electron chi connectivity index (χ1n) is 11.9. The van der Waals surface area contributed by atoms with Gasteiger partial charge in [-0.1, -0.05) is 53.0 Å². The predicted molar refractivity (Wildman–Crippen MR) is 129 cm³/mol. The molecule has 0 saturated heterocycles. The first-order valence-corrected chi connectivity index (χ1v) is 11.9. The Morgan fingerprint density at radius 1 is 1.00 bits per heavy atom. The Kier molecular flexibility index (Phi) is 6.47. The zero-order valence-corrected chi connectivity index (χ0v) is 20.0. The lowest BCUT2D eigenvalue weighted by Gasteiger charge is -2.32. The number of benzene rings is 1. The molecule has 1 aromatic carbocycles. The number of nitrogens with zero attached hydrogens (tertiary/aromatic N) is 2. The fourth-order valence-corrected chi connectivity index (χ4v) is 5.47. The highest BCUT2D eigenvalue weighted by Crippen LogP contribution is 2.43. The van der Waals surface area contributed by atoms with Crippen molar-refractivity contribution in [3.8, 4) is 11.3 Å². The van der Waals surface area contributed by atoms with Crippen LogP contribution < -0.4 is 0 Å². The average molecular weight is 420 g/mol. The van der Waals surface area contributed by atoms with Gasteiger partial charge in [-0.15, -0.1) is 0 Å². The molecular weight excluding hydrogens is 382 g/mol. The maximum atomic E-state index is 6.16. The minimum atomic E-state index is 0.133. The van der Waals surface area contributed by atoms with Gasteiger partial charge in [-0.2, -0.15) is 5.10 Å². The molecule has 1 aliphatic rings. The second kappa shape index (κ2) is 9.12. The van der Waals surface area contributed by atoms with Crippen molar-refractivity contribution in [2.24, 2.45) is 5.92 Å². The van der Waals surface area contributed by atoms with E-state index >= 15 is 0 Å². The van der Waals surface area contributed by atoms with Crippen LogP contribution in [-0.4, -0.2) is 22.3 Å². The van der Waals surface area contributed by atoms with Crippen LogP contribution in [0.25, 0.3) is 22.2 Å². The summed E-state index contributed by atoms with van der Waals surface area (Å²) in [5.74, 6) is 1.40. The number of aryl methyl sites for hydroxylation is 1. The Morgan fingerprint density at radius 3 is 2.35 bits per heavy atom. The summed E-state index contributed by atoms with van der Waals surface area (Å²) in [4.78, 5) is 5.20. The van der Waals surface area contributed by atoms with Gasteiger partial charge in [0, 0.05) is 29.3 Å². The maximum absolute atomic E-state index is 6.16. The zero-order valence-electron chi connectivity index (χ0n) is 20.0. The maximum Gasteiger partial charge on any atom is 0.0869 e. The van der Waals surface area contributed by atoms with Gasteiger partial charge in [0.2, 0.25) is 0 Å². The van der Waals surface area contributed by atoms with E-state index < -0.39 is 0 Å². The second-order valence-corrected chi connectivity index (χ2v) is 9.82. The number of hydrogen-bond donors (Lipinski definition) is 1. The number of rotatable bonds is 6. The molecule has 0 aliphatic heterocycles. The van der Waals surface area contributed by atoms with Crippen LogP contribution in [0.1, 0.15) is 100 Å². The monoisotopic (exact) mass is 419 g/mol. The van der Waals surface area contributed by atoms with Crippen LogP contribution in [0.5, 0.6) is 0 Å². The number of hydrogen-bond acceptors (Lipinski definition) is 3. The molecular formula is C27H37N3O. The van der Waals surface area contributed by atoms with Crippen molar-refractivity contribution in [1.82, 2.24) is 15.2 Å². The molecule has 4 nitrogen and oxygen atoms in total. The molecule has 0 amide bonds. The van der Waals surface area contributed by atoms with Crippen LogP contribution in [0.2, 0.25) is 0 Å². The summed E-state index contributed by atoms with van der Waals surface area (Å²) in [5.41, 5.74) is 8.44. The van der Waals surface area contributed by atoms with Crippen LogP contribution in [0, 0.1) is 12.8 Å².